The highest BCUT2D eigenvalue weighted by Crippen LogP contribution is 2.31. The van der Waals surface area contributed by atoms with Crippen LogP contribution in [0.15, 0.2) is 0 Å². The molecule has 3 heteroatoms. The minimum absolute atomic E-state index is 0.118. The van der Waals surface area contributed by atoms with Gasteiger partial charge in [0, 0.05) is 19.7 Å². The molecule has 1 heterocycles. The van der Waals surface area contributed by atoms with E-state index in [0.29, 0.717) is 0 Å². The number of rotatable bonds is 1. The lowest BCUT2D eigenvalue weighted by Crippen LogP contribution is -2.19. The fourth-order valence-electron chi connectivity index (χ4n) is 1.13. The summed E-state index contributed by atoms with van der Waals surface area (Å²) in [5, 5.41) is 0. The average Bonchev–Trinajstić information content (AvgIpc) is 2.12. The molecule has 0 aromatic carbocycles. The van der Waals surface area contributed by atoms with Gasteiger partial charge in [-0.25, -0.2) is 0 Å². The standard InChI is InChI=1S/C7H16NOP/c1-10(2)8-4-3-6-9-7-5-8/h3-7H2,1-2H3. The molecule has 0 aromatic rings. The summed E-state index contributed by atoms with van der Waals surface area (Å²) in [5.41, 5.74) is 0. The molecule has 0 saturated carbocycles. The van der Waals surface area contributed by atoms with Crippen LogP contribution in [0.4, 0.5) is 0 Å². The fourth-order valence-corrected chi connectivity index (χ4v) is 2.16. The number of hydrogen-bond donors (Lipinski definition) is 0. The van der Waals surface area contributed by atoms with E-state index in [1.807, 2.05) is 0 Å². The van der Waals surface area contributed by atoms with Crippen LogP contribution in [-0.2, 0) is 4.74 Å². The van der Waals surface area contributed by atoms with Crippen molar-refractivity contribution in [2.75, 3.05) is 39.6 Å². The van der Waals surface area contributed by atoms with E-state index in [4.69, 9.17) is 4.74 Å². The van der Waals surface area contributed by atoms with Crippen molar-refractivity contribution in [3.8, 4) is 0 Å². The summed E-state index contributed by atoms with van der Waals surface area (Å²) in [7, 11) is 0.118. The lowest BCUT2D eigenvalue weighted by atomic mass is 10.5. The maximum absolute atomic E-state index is 5.34. The average molecular weight is 161 g/mol. The molecule has 1 saturated heterocycles. The zero-order valence-electron chi connectivity index (χ0n) is 6.84. The maximum atomic E-state index is 5.34. The molecule has 0 N–H and O–H groups in total. The van der Waals surface area contributed by atoms with Crippen molar-refractivity contribution in [1.29, 1.82) is 0 Å². The van der Waals surface area contributed by atoms with Crippen molar-refractivity contribution in [3.05, 3.63) is 0 Å². The number of hydrogen-bond acceptors (Lipinski definition) is 2. The molecule has 1 aliphatic heterocycles. The Balaban J connectivity index is 2.28. The summed E-state index contributed by atoms with van der Waals surface area (Å²) in [6.45, 7) is 8.87. The van der Waals surface area contributed by atoms with Gasteiger partial charge < -0.3 is 4.74 Å². The Morgan fingerprint density at radius 3 is 2.70 bits per heavy atom. The van der Waals surface area contributed by atoms with Crippen LogP contribution < -0.4 is 0 Å². The van der Waals surface area contributed by atoms with Gasteiger partial charge in [0.05, 0.1) is 6.61 Å². The van der Waals surface area contributed by atoms with Gasteiger partial charge in [-0.2, -0.15) is 0 Å². The Morgan fingerprint density at radius 2 is 2.00 bits per heavy atom. The van der Waals surface area contributed by atoms with Gasteiger partial charge in [-0.3, -0.25) is 4.67 Å². The van der Waals surface area contributed by atoms with Gasteiger partial charge in [-0.15, -0.1) is 0 Å². The highest BCUT2D eigenvalue weighted by Gasteiger charge is 2.10. The first-order chi connectivity index (χ1) is 4.80. The molecule has 0 amide bonds. The van der Waals surface area contributed by atoms with E-state index in [2.05, 4.69) is 18.0 Å². The summed E-state index contributed by atoms with van der Waals surface area (Å²) < 4.78 is 7.87. The van der Waals surface area contributed by atoms with E-state index >= 15 is 0 Å². The Morgan fingerprint density at radius 1 is 1.20 bits per heavy atom. The summed E-state index contributed by atoms with van der Waals surface area (Å²) in [6.07, 6.45) is 1.21. The molecular formula is C7H16NOP. The first-order valence-corrected chi connectivity index (χ1v) is 5.99. The van der Waals surface area contributed by atoms with Crippen LogP contribution >= 0.6 is 8.07 Å². The summed E-state index contributed by atoms with van der Waals surface area (Å²) in [5.74, 6) is 0. The van der Waals surface area contributed by atoms with E-state index in [1.54, 1.807) is 0 Å². The Labute approximate surface area is 64.4 Å². The van der Waals surface area contributed by atoms with Gasteiger partial charge >= 0.3 is 0 Å². The van der Waals surface area contributed by atoms with Gasteiger partial charge in [-0.1, -0.05) is 0 Å². The molecule has 10 heavy (non-hydrogen) atoms. The molecule has 1 fully saturated rings. The van der Waals surface area contributed by atoms with Crippen LogP contribution in [0, 0.1) is 0 Å². The molecule has 0 radical (unpaired) electrons. The van der Waals surface area contributed by atoms with Crippen molar-refractivity contribution >= 4 is 8.07 Å². The minimum Gasteiger partial charge on any atom is -0.380 e. The van der Waals surface area contributed by atoms with Crippen LogP contribution in [0.3, 0.4) is 0 Å². The number of nitrogens with zero attached hydrogens (tertiary/aromatic N) is 1. The second-order valence-electron chi connectivity index (χ2n) is 2.77. The van der Waals surface area contributed by atoms with Crippen LogP contribution in [0.1, 0.15) is 6.42 Å². The van der Waals surface area contributed by atoms with Gasteiger partial charge in [0.2, 0.25) is 0 Å². The molecular weight excluding hydrogens is 145 g/mol. The second kappa shape index (κ2) is 4.27. The lowest BCUT2D eigenvalue weighted by molar-refractivity contribution is 0.148. The predicted octanol–water partition coefficient (Wildman–Crippen LogP) is 1.37. The Bertz CT molecular complexity index is 89.6. The Hall–Kier alpha value is 0.350. The van der Waals surface area contributed by atoms with Gasteiger partial charge in [0.25, 0.3) is 0 Å². The molecule has 0 atom stereocenters. The van der Waals surface area contributed by atoms with E-state index in [-0.39, 0.29) is 8.07 Å². The van der Waals surface area contributed by atoms with E-state index < -0.39 is 0 Å². The van der Waals surface area contributed by atoms with Gasteiger partial charge in [0.15, 0.2) is 0 Å². The smallest absolute Gasteiger partial charge is 0.0596 e. The monoisotopic (exact) mass is 161 g/mol. The van der Waals surface area contributed by atoms with Crippen LogP contribution in [0.25, 0.3) is 0 Å². The molecule has 60 valence electrons. The second-order valence-corrected chi connectivity index (χ2v) is 5.03. The molecule has 2 nitrogen and oxygen atoms in total. The molecule has 1 rings (SSSR count). The van der Waals surface area contributed by atoms with Crippen molar-refractivity contribution in [2.24, 2.45) is 0 Å². The first-order valence-electron chi connectivity index (χ1n) is 3.80. The van der Waals surface area contributed by atoms with Crippen LogP contribution in [-0.4, -0.2) is 44.3 Å². The predicted molar refractivity (Wildman–Crippen MR) is 45.8 cm³/mol. The fraction of sp³-hybridized carbons (Fsp3) is 1.00. The molecule has 0 unspecified atom stereocenters. The van der Waals surface area contributed by atoms with Crippen LogP contribution in [0.2, 0.25) is 0 Å². The molecule has 0 aromatic heterocycles. The Kier molecular flexibility index (Phi) is 3.61. The maximum Gasteiger partial charge on any atom is 0.0596 e. The van der Waals surface area contributed by atoms with Gasteiger partial charge in [-0.05, 0) is 27.8 Å². The van der Waals surface area contributed by atoms with Crippen molar-refractivity contribution in [2.45, 2.75) is 6.42 Å². The number of ether oxygens (including phenoxy) is 1. The van der Waals surface area contributed by atoms with E-state index in [0.717, 1.165) is 19.8 Å². The van der Waals surface area contributed by atoms with Crippen molar-refractivity contribution in [1.82, 2.24) is 4.67 Å². The quantitative estimate of drug-likeness (QED) is 0.538. The molecule has 0 aliphatic carbocycles. The third-order valence-corrected chi connectivity index (χ3v) is 3.30. The summed E-state index contributed by atoms with van der Waals surface area (Å²) >= 11 is 0. The summed E-state index contributed by atoms with van der Waals surface area (Å²) in [6, 6.07) is 0. The van der Waals surface area contributed by atoms with Crippen molar-refractivity contribution < 1.29 is 4.74 Å². The SMILES string of the molecule is CP(C)N1CCCOCC1. The van der Waals surface area contributed by atoms with E-state index in [1.165, 1.54) is 13.0 Å². The summed E-state index contributed by atoms with van der Waals surface area (Å²) in [4.78, 5) is 0. The minimum atomic E-state index is 0.118. The largest absolute Gasteiger partial charge is 0.380 e. The van der Waals surface area contributed by atoms with Gasteiger partial charge in [0.1, 0.15) is 0 Å². The normalized spacial score (nSPS) is 23.1. The van der Waals surface area contributed by atoms with Crippen molar-refractivity contribution in [3.63, 3.8) is 0 Å². The third kappa shape index (κ3) is 2.53. The molecule has 0 bridgehead atoms. The van der Waals surface area contributed by atoms with Crippen LogP contribution in [0.5, 0.6) is 0 Å². The molecule has 0 spiro atoms. The topological polar surface area (TPSA) is 12.5 Å². The lowest BCUT2D eigenvalue weighted by Gasteiger charge is -2.23. The highest BCUT2D eigenvalue weighted by atomic mass is 31.1. The zero-order valence-corrected chi connectivity index (χ0v) is 7.73. The molecule has 1 aliphatic rings. The zero-order chi connectivity index (χ0) is 7.40. The third-order valence-electron chi connectivity index (χ3n) is 1.76. The first kappa shape index (κ1) is 8.45. The van der Waals surface area contributed by atoms with E-state index in [9.17, 15) is 0 Å². The highest BCUT2D eigenvalue weighted by molar-refractivity contribution is 7.53.